The Morgan fingerprint density at radius 1 is 1.50 bits per heavy atom. The van der Waals surface area contributed by atoms with Crippen molar-refractivity contribution in [3.05, 3.63) is 28.8 Å². The molecular weight excluding hydrogens is 266 g/mol. The summed E-state index contributed by atoms with van der Waals surface area (Å²) in [7, 11) is 0. The van der Waals surface area contributed by atoms with Crippen LogP contribution in [0.5, 0.6) is 0 Å². The van der Waals surface area contributed by atoms with Crippen LogP contribution in [-0.4, -0.2) is 42.0 Å². The largest absolute Gasteiger partial charge is 0.397 e. The minimum atomic E-state index is -2.68. The van der Waals surface area contributed by atoms with E-state index in [1.165, 1.54) is 18.2 Å². The van der Waals surface area contributed by atoms with Crippen LogP contribution in [-0.2, 0) is 0 Å². The number of hydrogen-bond acceptors (Lipinski definition) is 3. The molecule has 0 atom stereocenters. The maximum Gasteiger partial charge on any atom is 0.256 e. The van der Waals surface area contributed by atoms with Crippen molar-refractivity contribution in [2.45, 2.75) is 6.43 Å². The number of carbonyl (C=O) groups is 1. The van der Waals surface area contributed by atoms with Gasteiger partial charge in [0, 0.05) is 6.54 Å². The lowest BCUT2D eigenvalue weighted by Crippen LogP contribution is -2.37. The molecule has 7 heteroatoms. The number of hydrogen-bond donors (Lipinski definition) is 2. The maximum absolute atomic E-state index is 12.3. The van der Waals surface area contributed by atoms with Gasteiger partial charge in [-0.1, -0.05) is 17.7 Å². The van der Waals surface area contributed by atoms with Crippen molar-refractivity contribution in [1.29, 1.82) is 0 Å². The van der Waals surface area contributed by atoms with Crippen molar-refractivity contribution >= 4 is 23.2 Å². The van der Waals surface area contributed by atoms with Crippen LogP contribution in [0.4, 0.5) is 14.5 Å². The summed E-state index contributed by atoms with van der Waals surface area (Å²) >= 11 is 5.75. The van der Waals surface area contributed by atoms with Crippen molar-refractivity contribution in [1.82, 2.24) is 4.90 Å². The number of amides is 1. The molecule has 1 aromatic carbocycles. The molecular formula is C11H13ClF2N2O2. The minimum Gasteiger partial charge on any atom is -0.397 e. The highest BCUT2D eigenvalue weighted by atomic mass is 35.5. The molecule has 0 bridgehead atoms. The summed E-state index contributed by atoms with van der Waals surface area (Å²) in [4.78, 5) is 12.8. The van der Waals surface area contributed by atoms with E-state index in [2.05, 4.69) is 0 Å². The van der Waals surface area contributed by atoms with Crippen LogP contribution in [0.1, 0.15) is 10.4 Å². The first kappa shape index (κ1) is 14.7. The highest BCUT2D eigenvalue weighted by Crippen LogP contribution is 2.23. The molecule has 1 aromatic rings. The molecule has 0 unspecified atom stereocenters. The molecule has 0 aliphatic carbocycles. The fraction of sp³-hybridized carbons (Fsp3) is 0.364. The van der Waals surface area contributed by atoms with Crippen LogP contribution < -0.4 is 5.73 Å². The average molecular weight is 279 g/mol. The zero-order valence-electron chi connectivity index (χ0n) is 9.44. The van der Waals surface area contributed by atoms with Gasteiger partial charge in [0.05, 0.1) is 29.4 Å². The van der Waals surface area contributed by atoms with Gasteiger partial charge in [0.15, 0.2) is 0 Å². The Kier molecular flexibility index (Phi) is 5.30. The number of nitrogens with two attached hydrogens (primary N) is 1. The lowest BCUT2D eigenvalue weighted by atomic mass is 10.1. The van der Waals surface area contributed by atoms with E-state index in [0.717, 1.165) is 4.90 Å². The van der Waals surface area contributed by atoms with E-state index in [1.54, 1.807) is 0 Å². The molecule has 0 radical (unpaired) electrons. The molecule has 100 valence electrons. The number of anilines is 1. The summed E-state index contributed by atoms with van der Waals surface area (Å²) in [5.41, 5.74) is 5.71. The van der Waals surface area contributed by atoms with Crippen molar-refractivity contribution < 1.29 is 18.7 Å². The molecule has 0 spiro atoms. The summed E-state index contributed by atoms with van der Waals surface area (Å²) in [5, 5.41) is 8.96. The predicted molar refractivity (Wildman–Crippen MR) is 64.9 cm³/mol. The van der Waals surface area contributed by atoms with Gasteiger partial charge in [-0.15, -0.1) is 0 Å². The summed E-state index contributed by atoms with van der Waals surface area (Å²) in [5.74, 6) is -0.677. The minimum absolute atomic E-state index is 0.0429. The molecule has 4 nitrogen and oxygen atoms in total. The second kappa shape index (κ2) is 6.51. The number of nitrogens with zero attached hydrogens (tertiary/aromatic N) is 1. The zero-order valence-corrected chi connectivity index (χ0v) is 10.2. The van der Waals surface area contributed by atoms with Crippen LogP contribution in [0, 0.1) is 0 Å². The number of halogens is 3. The first-order valence-corrected chi connectivity index (χ1v) is 5.57. The van der Waals surface area contributed by atoms with E-state index in [4.69, 9.17) is 22.4 Å². The number of benzene rings is 1. The third kappa shape index (κ3) is 3.54. The highest BCUT2D eigenvalue weighted by molar-refractivity contribution is 6.33. The monoisotopic (exact) mass is 278 g/mol. The molecule has 3 N–H and O–H groups in total. The van der Waals surface area contributed by atoms with Gasteiger partial charge in [0.2, 0.25) is 0 Å². The summed E-state index contributed by atoms with van der Waals surface area (Å²) < 4.78 is 24.7. The van der Waals surface area contributed by atoms with Crippen molar-refractivity contribution in [3.8, 4) is 0 Å². The topological polar surface area (TPSA) is 66.6 Å². The number of para-hydroxylation sites is 1. The molecule has 1 rings (SSSR count). The zero-order chi connectivity index (χ0) is 13.7. The number of rotatable bonds is 5. The normalized spacial score (nSPS) is 10.7. The number of aliphatic hydroxyl groups is 1. The van der Waals surface area contributed by atoms with E-state index in [-0.39, 0.29) is 22.8 Å². The van der Waals surface area contributed by atoms with Gasteiger partial charge in [0.1, 0.15) is 0 Å². The van der Waals surface area contributed by atoms with E-state index < -0.39 is 25.5 Å². The van der Waals surface area contributed by atoms with Crippen molar-refractivity contribution in [2.24, 2.45) is 0 Å². The van der Waals surface area contributed by atoms with Crippen LogP contribution in [0.3, 0.4) is 0 Å². The smallest absolute Gasteiger partial charge is 0.256 e. The number of aliphatic hydroxyl groups excluding tert-OH is 1. The van der Waals surface area contributed by atoms with Gasteiger partial charge in [-0.25, -0.2) is 8.78 Å². The van der Waals surface area contributed by atoms with E-state index in [0.29, 0.717) is 0 Å². The molecule has 18 heavy (non-hydrogen) atoms. The van der Waals surface area contributed by atoms with Crippen LogP contribution in [0.15, 0.2) is 18.2 Å². The van der Waals surface area contributed by atoms with Gasteiger partial charge in [-0.2, -0.15) is 0 Å². The molecule has 0 aliphatic heterocycles. The van der Waals surface area contributed by atoms with E-state index >= 15 is 0 Å². The third-order valence-electron chi connectivity index (χ3n) is 2.30. The fourth-order valence-electron chi connectivity index (χ4n) is 1.46. The lowest BCUT2D eigenvalue weighted by molar-refractivity contribution is 0.0510. The Hall–Kier alpha value is -1.40. The molecule has 0 saturated heterocycles. The van der Waals surface area contributed by atoms with Crippen LogP contribution in [0.2, 0.25) is 5.02 Å². The van der Waals surface area contributed by atoms with Gasteiger partial charge in [-0.05, 0) is 12.1 Å². The Morgan fingerprint density at radius 2 is 2.17 bits per heavy atom. The molecule has 0 saturated carbocycles. The molecule has 0 heterocycles. The Bertz CT molecular complexity index is 430. The first-order chi connectivity index (χ1) is 8.47. The van der Waals surface area contributed by atoms with Crippen LogP contribution in [0.25, 0.3) is 0 Å². The molecule has 0 aromatic heterocycles. The van der Waals surface area contributed by atoms with E-state index in [1.807, 2.05) is 0 Å². The number of nitrogen functional groups attached to an aromatic ring is 1. The number of alkyl halides is 2. The highest BCUT2D eigenvalue weighted by Gasteiger charge is 2.21. The average Bonchev–Trinajstić information content (AvgIpc) is 2.31. The Balaban J connectivity index is 2.98. The lowest BCUT2D eigenvalue weighted by Gasteiger charge is -2.22. The molecule has 1 amide bonds. The first-order valence-electron chi connectivity index (χ1n) is 5.19. The summed E-state index contributed by atoms with van der Waals surface area (Å²) in [6, 6.07) is 4.40. The van der Waals surface area contributed by atoms with Gasteiger partial charge < -0.3 is 15.7 Å². The Labute approximate surface area is 108 Å². The maximum atomic E-state index is 12.3. The van der Waals surface area contributed by atoms with E-state index in [9.17, 15) is 13.6 Å². The van der Waals surface area contributed by atoms with Crippen molar-refractivity contribution in [2.75, 3.05) is 25.4 Å². The summed E-state index contributed by atoms with van der Waals surface area (Å²) in [6.07, 6.45) is -2.68. The molecule has 0 fully saturated rings. The predicted octanol–water partition coefficient (Wildman–Crippen LogP) is 1.62. The Morgan fingerprint density at radius 3 is 2.72 bits per heavy atom. The van der Waals surface area contributed by atoms with Crippen molar-refractivity contribution in [3.63, 3.8) is 0 Å². The summed E-state index contributed by atoms with van der Waals surface area (Å²) in [6.45, 7) is -1.35. The van der Waals surface area contributed by atoms with Gasteiger partial charge in [0.25, 0.3) is 12.3 Å². The fourth-order valence-corrected chi connectivity index (χ4v) is 1.63. The standard InChI is InChI=1S/C11H13ClF2N2O2/c12-8-3-1-2-7(10(8)15)11(18)16(4-5-17)6-9(13)14/h1-3,9,17H,4-6,15H2. The van der Waals surface area contributed by atoms with Gasteiger partial charge >= 0.3 is 0 Å². The second-order valence-corrected chi connectivity index (χ2v) is 3.97. The number of carbonyl (C=O) groups excluding carboxylic acids is 1. The third-order valence-corrected chi connectivity index (χ3v) is 2.63. The van der Waals surface area contributed by atoms with Crippen LogP contribution >= 0.6 is 11.6 Å². The SMILES string of the molecule is Nc1c(Cl)cccc1C(=O)N(CCO)CC(F)F. The second-order valence-electron chi connectivity index (χ2n) is 3.57. The quantitative estimate of drug-likeness (QED) is 0.805. The molecule has 0 aliphatic rings. The van der Waals surface area contributed by atoms with Gasteiger partial charge in [-0.3, -0.25) is 4.79 Å².